The van der Waals surface area contributed by atoms with Gasteiger partial charge < -0.3 is 19.7 Å². The van der Waals surface area contributed by atoms with Crippen molar-refractivity contribution in [2.45, 2.75) is 13.8 Å². The van der Waals surface area contributed by atoms with Crippen LogP contribution in [-0.2, 0) is 0 Å². The number of anilines is 4. The molecule has 2 aromatic carbocycles. The molecule has 3 aromatic rings. The fraction of sp³-hybridized carbons (Fsp3) is 0.200. The summed E-state index contributed by atoms with van der Waals surface area (Å²) in [5.74, 6) is 2.88. The summed E-state index contributed by atoms with van der Waals surface area (Å²) in [6, 6.07) is 17.9. The number of nitrogens with zero attached hydrogens (tertiary/aromatic N) is 3. The number of rotatable bonds is 5. The highest BCUT2D eigenvalue weighted by Crippen LogP contribution is 2.35. The summed E-state index contributed by atoms with van der Waals surface area (Å²) < 4.78 is 10.8. The van der Waals surface area contributed by atoms with Crippen LogP contribution in [0.1, 0.15) is 12.6 Å². The number of hydrogen-bond acceptors (Lipinski definition) is 6. The minimum Gasteiger partial charge on any atom is -0.454 e. The Morgan fingerprint density at radius 1 is 1.00 bits per heavy atom. The normalized spacial score (nSPS) is 12.1. The van der Waals surface area contributed by atoms with Gasteiger partial charge in [0.25, 0.3) is 0 Å². The van der Waals surface area contributed by atoms with Gasteiger partial charge in [0.1, 0.15) is 5.82 Å². The molecular formula is C20H20N4O2. The Balaban J connectivity index is 1.64. The number of aryl methyl sites for hydroxylation is 1. The van der Waals surface area contributed by atoms with Crippen molar-refractivity contribution >= 4 is 23.1 Å². The zero-order valence-electron chi connectivity index (χ0n) is 14.8. The SMILES string of the molecule is CCN(c1ccccc1)c1cc(C)nc(Nc2ccc3c(c2)OCO3)n1. The standard InChI is InChI=1S/C20H20N4O2/c1-3-24(16-7-5-4-6-8-16)19-11-14(2)21-20(23-19)22-15-9-10-17-18(12-15)26-13-25-17/h4-12H,3,13H2,1-2H3,(H,21,22,23). The second kappa shape index (κ2) is 6.92. The Labute approximate surface area is 152 Å². The fourth-order valence-corrected chi connectivity index (χ4v) is 2.93. The highest BCUT2D eigenvalue weighted by molar-refractivity contribution is 5.64. The summed E-state index contributed by atoms with van der Waals surface area (Å²) in [5.41, 5.74) is 2.85. The molecule has 1 aliphatic rings. The highest BCUT2D eigenvalue weighted by atomic mass is 16.7. The quantitative estimate of drug-likeness (QED) is 0.737. The Morgan fingerprint density at radius 2 is 1.81 bits per heavy atom. The lowest BCUT2D eigenvalue weighted by Crippen LogP contribution is -2.18. The van der Waals surface area contributed by atoms with E-state index in [4.69, 9.17) is 14.5 Å². The molecule has 0 fully saturated rings. The molecular weight excluding hydrogens is 328 g/mol. The summed E-state index contributed by atoms with van der Waals surface area (Å²) in [6.07, 6.45) is 0. The summed E-state index contributed by atoms with van der Waals surface area (Å²) in [6.45, 7) is 5.14. The molecule has 1 N–H and O–H groups in total. The Kier molecular flexibility index (Phi) is 4.31. The van der Waals surface area contributed by atoms with Crippen molar-refractivity contribution in [3.8, 4) is 11.5 Å². The third-order valence-electron chi connectivity index (χ3n) is 4.13. The average molecular weight is 348 g/mol. The van der Waals surface area contributed by atoms with Gasteiger partial charge >= 0.3 is 0 Å². The summed E-state index contributed by atoms with van der Waals surface area (Å²) in [5, 5.41) is 3.26. The van der Waals surface area contributed by atoms with Crippen LogP contribution >= 0.6 is 0 Å². The third kappa shape index (κ3) is 3.26. The lowest BCUT2D eigenvalue weighted by Gasteiger charge is -2.23. The van der Waals surface area contributed by atoms with Crippen LogP contribution in [0.15, 0.2) is 54.6 Å². The zero-order chi connectivity index (χ0) is 17.9. The maximum absolute atomic E-state index is 5.43. The van der Waals surface area contributed by atoms with Gasteiger partial charge in [0.05, 0.1) is 0 Å². The van der Waals surface area contributed by atoms with E-state index in [1.165, 1.54) is 0 Å². The fourth-order valence-electron chi connectivity index (χ4n) is 2.93. The monoisotopic (exact) mass is 348 g/mol. The van der Waals surface area contributed by atoms with E-state index in [2.05, 4.69) is 34.3 Å². The van der Waals surface area contributed by atoms with Gasteiger partial charge in [0, 0.05) is 35.7 Å². The minimum atomic E-state index is 0.256. The molecule has 1 aromatic heterocycles. The van der Waals surface area contributed by atoms with Gasteiger partial charge in [-0.05, 0) is 38.1 Å². The number of hydrogen-bond donors (Lipinski definition) is 1. The second-order valence-electron chi connectivity index (χ2n) is 5.96. The predicted octanol–water partition coefficient (Wildman–Crippen LogP) is 4.42. The molecule has 4 rings (SSSR count). The van der Waals surface area contributed by atoms with Gasteiger partial charge in [-0.1, -0.05) is 18.2 Å². The lowest BCUT2D eigenvalue weighted by atomic mass is 10.2. The molecule has 0 aliphatic carbocycles. The van der Waals surface area contributed by atoms with Crippen molar-refractivity contribution in [1.82, 2.24) is 9.97 Å². The molecule has 6 heteroatoms. The molecule has 2 heterocycles. The van der Waals surface area contributed by atoms with Gasteiger partial charge in [-0.15, -0.1) is 0 Å². The van der Waals surface area contributed by atoms with Crippen LogP contribution in [0.2, 0.25) is 0 Å². The van der Waals surface area contributed by atoms with Crippen molar-refractivity contribution in [3.63, 3.8) is 0 Å². The summed E-state index contributed by atoms with van der Waals surface area (Å²) >= 11 is 0. The molecule has 132 valence electrons. The van der Waals surface area contributed by atoms with E-state index in [0.29, 0.717) is 5.95 Å². The van der Waals surface area contributed by atoms with Gasteiger partial charge in [0.15, 0.2) is 11.5 Å². The van der Waals surface area contributed by atoms with Crippen molar-refractivity contribution in [1.29, 1.82) is 0 Å². The van der Waals surface area contributed by atoms with E-state index >= 15 is 0 Å². The van der Waals surface area contributed by atoms with Crippen LogP contribution in [0.5, 0.6) is 11.5 Å². The molecule has 1 aliphatic heterocycles. The van der Waals surface area contributed by atoms with Gasteiger partial charge in [-0.3, -0.25) is 0 Å². The first-order valence-corrected chi connectivity index (χ1v) is 8.58. The van der Waals surface area contributed by atoms with E-state index in [9.17, 15) is 0 Å². The largest absolute Gasteiger partial charge is 0.454 e. The molecule has 0 saturated carbocycles. The molecule has 0 radical (unpaired) electrons. The van der Waals surface area contributed by atoms with Gasteiger partial charge in [-0.25, -0.2) is 4.98 Å². The number of nitrogens with one attached hydrogen (secondary N) is 1. The van der Waals surface area contributed by atoms with E-state index in [1.807, 2.05) is 49.4 Å². The molecule has 0 bridgehead atoms. The number of fused-ring (bicyclic) bond motifs is 1. The van der Waals surface area contributed by atoms with Crippen molar-refractivity contribution in [2.24, 2.45) is 0 Å². The first-order valence-electron chi connectivity index (χ1n) is 8.58. The average Bonchev–Trinajstić information content (AvgIpc) is 3.11. The molecule has 0 atom stereocenters. The van der Waals surface area contributed by atoms with Crippen LogP contribution in [0.25, 0.3) is 0 Å². The molecule has 0 amide bonds. The summed E-state index contributed by atoms with van der Waals surface area (Å²) in [4.78, 5) is 11.4. The molecule has 0 unspecified atom stereocenters. The Hall–Kier alpha value is -3.28. The van der Waals surface area contributed by atoms with E-state index in [0.717, 1.165) is 40.9 Å². The number of ether oxygens (including phenoxy) is 2. The smallest absolute Gasteiger partial charge is 0.231 e. The maximum Gasteiger partial charge on any atom is 0.231 e. The van der Waals surface area contributed by atoms with Crippen molar-refractivity contribution in [2.75, 3.05) is 23.6 Å². The van der Waals surface area contributed by atoms with Crippen LogP contribution < -0.4 is 19.7 Å². The number of benzene rings is 2. The second-order valence-corrected chi connectivity index (χ2v) is 5.96. The van der Waals surface area contributed by atoms with E-state index in [-0.39, 0.29) is 6.79 Å². The van der Waals surface area contributed by atoms with Crippen LogP contribution in [0, 0.1) is 6.92 Å². The molecule has 0 saturated heterocycles. The minimum absolute atomic E-state index is 0.256. The maximum atomic E-state index is 5.43. The number of aromatic nitrogens is 2. The highest BCUT2D eigenvalue weighted by Gasteiger charge is 2.15. The van der Waals surface area contributed by atoms with Crippen molar-refractivity contribution in [3.05, 3.63) is 60.3 Å². The number of para-hydroxylation sites is 1. The first-order chi connectivity index (χ1) is 12.7. The molecule has 0 spiro atoms. The predicted molar refractivity (Wildman–Crippen MR) is 102 cm³/mol. The third-order valence-corrected chi connectivity index (χ3v) is 4.13. The van der Waals surface area contributed by atoms with E-state index < -0.39 is 0 Å². The zero-order valence-corrected chi connectivity index (χ0v) is 14.8. The van der Waals surface area contributed by atoms with Crippen molar-refractivity contribution < 1.29 is 9.47 Å². The Morgan fingerprint density at radius 3 is 2.62 bits per heavy atom. The summed E-state index contributed by atoms with van der Waals surface area (Å²) in [7, 11) is 0. The van der Waals surface area contributed by atoms with E-state index in [1.54, 1.807) is 0 Å². The van der Waals surface area contributed by atoms with Crippen LogP contribution in [0.4, 0.5) is 23.1 Å². The van der Waals surface area contributed by atoms with Crippen LogP contribution in [0.3, 0.4) is 0 Å². The van der Waals surface area contributed by atoms with Gasteiger partial charge in [-0.2, -0.15) is 4.98 Å². The lowest BCUT2D eigenvalue weighted by molar-refractivity contribution is 0.174. The van der Waals surface area contributed by atoms with Gasteiger partial charge in [0.2, 0.25) is 12.7 Å². The topological polar surface area (TPSA) is 59.5 Å². The van der Waals surface area contributed by atoms with Crippen LogP contribution in [-0.4, -0.2) is 23.3 Å². The molecule has 26 heavy (non-hydrogen) atoms. The first kappa shape index (κ1) is 16.2. The molecule has 6 nitrogen and oxygen atoms in total. The Bertz CT molecular complexity index is 915.